The van der Waals surface area contributed by atoms with Gasteiger partial charge in [-0.1, -0.05) is 13.8 Å². The lowest BCUT2D eigenvalue weighted by Gasteiger charge is -2.07. The van der Waals surface area contributed by atoms with Crippen LogP contribution in [0.2, 0.25) is 0 Å². The Labute approximate surface area is 90.7 Å². The van der Waals surface area contributed by atoms with Gasteiger partial charge in [0.05, 0.1) is 13.2 Å². The average Bonchev–Trinajstić information content (AvgIpc) is 2.14. The largest absolute Gasteiger partial charge is 0.508 e. The summed E-state index contributed by atoms with van der Waals surface area (Å²) < 4.78 is 9.66. The average molecular weight is 223 g/mol. The molecule has 0 spiro atoms. The van der Waals surface area contributed by atoms with Crippen molar-refractivity contribution in [2.45, 2.75) is 33.1 Å². The molecule has 0 aromatic rings. The van der Waals surface area contributed by atoms with Crippen molar-refractivity contribution in [2.24, 2.45) is 5.92 Å². The van der Waals surface area contributed by atoms with E-state index >= 15 is 0 Å². The van der Waals surface area contributed by atoms with Crippen LogP contribution >= 0.6 is 11.6 Å². The maximum Gasteiger partial charge on any atom is 0.508 e. The number of ether oxygens (including phenoxy) is 2. The van der Waals surface area contributed by atoms with Gasteiger partial charge in [-0.3, -0.25) is 0 Å². The second-order valence-electron chi connectivity index (χ2n) is 3.55. The highest BCUT2D eigenvalue weighted by atomic mass is 35.5. The Kier molecular flexibility index (Phi) is 8.84. The Hall–Kier alpha value is -0.440. The van der Waals surface area contributed by atoms with Gasteiger partial charge in [-0.15, -0.1) is 11.6 Å². The van der Waals surface area contributed by atoms with Crippen molar-refractivity contribution in [2.75, 3.05) is 19.1 Å². The van der Waals surface area contributed by atoms with Gasteiger partial charge in [0.25, 0.3) is 0 Å². The number of hydrogen-bond donors (Lipinski definition) is 0. The highest BCUT2D eigenvalue weighted by Gasteiger charge is 2.04. The standard InChI is InChI=1S/C10H19ClO3/c1-9(2)8-14-10(12)13-7-5-3-4-6-11/h9H,3-8H2,1-2H3. The van der Waals surface area contributed by atoms with Gasteiger partial charge in [0, 0.05) is 5.88 Å². The number of rotatable bonds is 7. The summed E-state index contributed by atoms with van der Waals surface area (Å²) in [4.78, 5) is 10.9. The third kappa shape index (κ3) is 9.65. The number of unbranched alkanes of at least 4 members (excludes halogenated alkanes) is 2. The van der Waals surface area contributed by atoms with E-state index in [0.717, 1.165) is 19.3 Å². The van der Waals surface area contributed by atoms with Crippen molar-refractivity contribution in [3.05, 3.63) is 0 Å². The first-order chi connectivity index (χ1) is 6.66. The Balaban J connectivity index is 3.18. The Morgan fingerprint density at radius 2 is 1.93 bits per heavy atom. The molecule has 0 heterocycles. The van der Waals surface area contributed by atoms with Crippen LogP contribution < -0.4 is 0 Å². The van der Waals surface area contributed by atoms with E-state index in [1.54, 1.807) is 0 Å². The fourth-order valence-corrected chi connectivity index (χ4v) is 0.994. The first kappa shape index (κ1) is 13.6. The zero-order valence-corrected chi connectivity index (χ0v) is 9.68. The highest BCUT2D eigenvalue weighted by molar-refractivity contribution is 6.17. The maximum atomic E-state index is 10.9. The molecule has 84 valence electrons. The van der Waals surface area contributed by atoms with Crippen LogP contribution in [-0.2, 0) is 9.47 Å². The molecule has 4 heteroatoms. The molecular formula is C10H19ClO3. The molecule has 3 nitrogen and oxygen atoms in total. The lowest BCUT2D eigenvalue weighted by molar-refractivity contribution is 0.0466. The molecule has 0 aromatic carbocycles. The molecule has 0 N–H and O–H groups in total. The minimum atomic E-state index is -0.565. The van der Waals surface area contributed by atoms with Crippen molar-refractivity contribution >= 4 is 17.8 Å². The molecule has 0 aliphatic carbocycles. The van der Waals surface area contributed by atoms with Crippen LogP contribution in [0.1, 0.15) is 33.1 Å². The molecule has 0 radical (unpaired) electrons. The summed E-state index contributed by atoms with van der Waals surface area (Å²) in [6, 6.07) is 0. The van der Waals surface area contributed by atoms with Gasteiger partial charge >= 0.3 is 6.16 Å². The van der Waals surface area contributed by atoms with Crippen molar-refractivity contribution < 1.29 is 14.3 Å². The van der Waals surface area contributed by atoms with Crippen LogP contribution in [0, 0.1) is 5.92 Å². The zero-order valence-electron chi connectivity index (χ0n) is 8.92. The fraction of sp³-hybridized carbons (Fsp3) is 0.900. The molecule has 0 saturated heterocycles. The third-order valence-electron chi connectivity index (χ3n) is 1.53. The monoisotopic (exact) mass is 222 g/mol. The van der Waals surface area contributed by atoms with Gasteiger partial charge in [0.1, 0.15) is 0 Å². The first-order valence-corrected chi connectivity index (χ1v) is 5.55. The molecule has 0 atom stereocenters. The smallest absolute Gasteiger partial charge is 0.434 e. The summed E-state index contributed by atoms with van der Waals surface area (Å²) >= 11 is 5.50. The van der Waals surface area contributed by atoms with Crippen LogP contribution in [0.5, 0.6) is 0 Å². The van der Waals surface area contributed by atoms with E-state index in [0.29, 0.717) is 25.0 Å². The Morgan fingerprint density at radius 3 is 2.50 bits per heavy atom. The summed E-state index contributed by atoms with van der Waals surface area (Å²) in [7, 11) is 0. The van der Waals surface area contributed by atoms with Crippen LogP contribution in [0.15, 0.2) is 0 Å². The van der Waals surface area contributed by atoms with E-state index < -0.39 is 6.16 Å². The van der Waals surface area contributed by atoms with Gasteiger partial charge in [-0.25, -0.2) is 4.79 Å². The van der Waals surface area contributed by atoms with Crippen LogP contribution in [0.3, 0.4) is 0 Å². The molecule has 0 aliphatic rings. The zero-order chi connectivity index (χ0) is 10.8. The summed E-state index contributed by atoms with van der Waals surface area (Å²) in [6.45, 7) is 4.80. The summed E-state index contributed by atoms with van der Waals surface area (Å²) in [5, 5.41) is 0. The summed E-state index contributed by atoms with van der Waals surface area (Å²) in [5.41, 5.74) is 0. The second kappa shape index (κ2) is 9.13. The molecule has 0 unspecified atom stereocenters. The SMILES string of the molecule is CC(C)COC(=O)OCCCCCCl. The molecule has 0 fully saturated rings. The van der Waals surface area contributed by atoms with E-state index in [2.05, 4.69) is 0 Å². The molecule has 0 aromatic heterocycles. The lowest BCUT2D eigenvalue weighted by atomic mass is 10.2. The summed E-state index contributed by atoms with van der Waals surface area (Å²) in [6.07, 6.45) is 2.24. The van der Waals surface area contributed by atoms with Gasteiger partial charge in [-0.05, 0) is 25.2 Å². The molecule has 0 bridgehead atoms. The maximum absolute atomic E-state index is 10.9. The van der Waals surface area contributed by atoms with Crippen LogP contribution in [0.4, 0.5) is 4.79 Å². The van der Waals surface area contributed by atoms with E-state index in [-0.39, 0.29) is 0 Å². The van der Waals surface area contributed by atoms with Crippen molar-refractivity contribution in [3.8, 4) is 0 Å². The van der Waals surface area contributed by atoms with Gasteiger partial charge in [0.2, 0.25) is 0 Å². The molecule has 0 amide bonds. The van der Waals surface area contributed by atoms with Crippen molar-refractivity contribution in [1.82, 2.24) is 0 Å². The quantitative estimate of drug-likeness (QED) is 0.377. The van der Waals surface area contributed by atoms with E-state index in [4.69, 9.17) is 21.1 Å². The third-order valence-corrected chi connectivity index (χ3v) is 1.80. The predicted octanol–water partition coefficient (Wildman–Crippen LogP) is 3.20. The van der Waals surface area contributed by atoms with Gasteiger partial charge in [-0.2, -0.15) is 0 Å². The summed E-state index contributed by atoms with van der Waals surface area (Å²) in [5.74, 6) is 1.01. The van der Waals surface area contributed by atoms with Crippen LogP contribution in [0.25, 0.3) is 0 Å². The normalized spacial score (nSPS) is 10.3. The second-order valence-corrected chi connectivity index (χ2v) is 3.93. The highest BCUT2D eigenvalue weighted by Crippen LogP contribution is 1.99. The number of halogens is 1. The molecule has 0 rings (SSSR count). The van der Waals surface area contributed by atoms with Gasteiger partial charge in [0.15, 0.2) is 0 Å². The van der Waals surface area contributed by atoms with E-state index in [1.807, 2.05) is 13.8 Å². The Bertz CT molecular complexity index is 148. The number of alkyl halides is 1. The Morgan fingerprint density at radius 1 is 1.21 bits per heavy atom. The van der Waals surface area contributed by atoms with Crippen molar-refractivity contribution in [3.63, 3.8) is 0 Å². The number of hydrogen-bond acceptors (Lipinski definition) is 3. The van der Waals surface area contributed by atoms with E-state index in [9.17, 15) is 4.79 Å². The molecule has 14 heavy (non-hydrogen) atoms. The minimum absolute atomic E-state index is 0.346. The van der Waals surface area contributed by atoms with Gasteiger partial charge < -0.3 is 9.47 Å². The number of carbonyl (C=O) groups excluding carboxylic acids is 1. The van der Waals surface area contributed by atoms with E-state index in [1.165, 1.54) is 0 Å². The fourth-order valence-electron chi connectivity index (χ4n) is 0.805. The molecule has 0 aliphatic heterocycles. The topological polar surface area (TPSA) is 35.5 Å². The molecule has 0 saturated carbocycles. The number of carbonyl (C=O) groups is 1. The van der Waals surface area contributed by atoms with Crippen LogP contribution in [-0.4, -0.2) is 25.2 Å². The minimum Gasteiger partial charge on any atom is -0.434 e. The first-order valence-electron chi connectivity index (χ1n) is 5.02. The predicted molar refractivity (Wildman–Crippen MR) is 56.7 cm³/mol. The van der Waals surface area contributed by atoms with Crippen molar-refractivity contribution in [1.29, 1.82) is 0 Å². The lowest BCUT2D eigenvalue weighted by Crippen LogP contribution is -2.12. The molecular weight excluding hydrogens is 204 g/mol.